The number of urea groups is 1. The predicted octanol–water partition coefficient (Wildman–Crippen LogP) is 1.82. The van der Waals surface area contributed by atoms with Crippen molar-refractivity contribution in [3.05, 3.63) is 0 Å². The molecule has 0 saturated heterocycles. The highest BCUT2D eigenvalue weighted by Gasteiger charge is 2.29. The normalized spacial score (nSPS) is 17.0. The number of aliphatic hydroxyl groups is 1. The van der Waals surface area contributed by atoms with Crippen molar-refractivity contribution in [3.63, 3.8) is 0 Å². The van der Waals surface area contributed by atoms with Gasteiger partial charge in [0.05, 0.1) is 0 Å². The van der Waals surface area contributed by atoms with Crippen molar-refractivity contribution in [2.24, 2.45) is 5.92 Å². The maximum absolute atomic E-state index is 12.4. The van der Waals surface area contributed by atoms with Gasteiger partial charge in [-0.05, 0) is 25.2 Å². The first-order chi connectivity index (χ1) is 9.95. The van der Waals surface area contributed by atoms with E-state index in [1.165, 1.54) is 0 Å². The molecule has 0 aromatic heterocycles. The maximum atomic E-state index is 12.4. The van der Waals surface area contributed by atoms with E-state index in [2.05, 4.69) is 19.2 Å². The molecule has 1 aliphatic carbocycles. The number of hydrogen-bond donors (Lipinski definition) is 3. The van der Waals surface area contributed by atoms with Crippen LogP contribution in [0, 0.1) is 5.92 Å². The molecule has 1 saturated carbocycles. The van der Waals surface area contributed by atoms with E-state index in [-0.39, 0.29) is 25.1 Å². The lowest BCUT2D eigenvalue weighted by molar-refractivity contribution is -0.139. The topological polar surface area (TPSA) is 89.9 Å². The molecule has 0 aromatic rings. The van der Waals surface area contributed by atoms with Gasteiger partial charge in [-0.1, -0.05) is 26.7 Å². The van der Waals surface area contributed by atoms with Crippen LogP contribution in [0.3, 0.4) is 0 Å². The molecule has 6 heteroatoms. The number of aliphatic hydroxyl groups excluding tert-OH is 1. The minimum Gasteiger partial charge on any atom is -0.480 e. The summed E-state index contributed by atoms with van der Waals surface area (Å²) >= 11 is 0. The van der Waals surface area contributed by atoms with Crippen LogP contribution in [0.25, 0.3) is 0 Å². The van der Waals surface area contributed by atoms with Gasteiger partial charge in [0.1, 0.15) is 6.04 Å². The number of hydrogen-bond acceptors (Lipinski definition) is 3. The third kappa shape index (κ3) is 5.91. The van der Waals surface area contributed by atoms with E-state index in [1.54, 1.807) is 4.90 Å². The Kier molecular flexibility index (Phi) is 7.50. The molecule has 21 heavy (non-hydrogen) atoms. The van der Waals surface area contributed by atoms with Crippen molar-refractivity contribution in [1.29, 1.82) is 0 Å². The van der Waals surface area contributed by atoms with E-state index in [4.69, 9.17) is 10.2 Å². The molecule has 6 nitrogen and oxygen atoms in total. The number of carbonyl (C=O) groups excluding carboxylic acids is 1. The molecule has 0 unspecified atom stereocenters. The van der Waals surface area contributed by atoms with Gasteiger partial charge >= 0.3 is 12.0 Å². The summed E-state index contributed by atoms with van der Waals surface area (Å²) < 4.78 is 0. The van der Waals surface area contributed by atoms with E-state index >= 15 is 0 Å². The number of carboxylic acid groups (broad SMARTS) is 1. The Labute approximate surface area is 126 Å². The first-order valence-corrected chi connectivity index (χ1v) is 7.86. The molecule has 1 atom stereocenters. The number of nitrogens with zero attached hydrogens (tertiary/aromatic N) is 1. The third-order valence-electron chi connectivity index (χ3n) is 3.99. The smallest absolute Gasteiger partial charge is 0.326 e. The second kappa shape index (κ2) is 8.87. The molecule has 1 fully saturated rings. The fourth-order valence-electron chi connectivity index (χ4n) is 2.68. The molecule has 3 N–H and O–H groups in total. The van der Waals surface area contributed by atoms with E-state index in [0.717, 1.165) is 32.1 Å². The van der Waals surface area contributed by atoms with Gasteiger partial charge < -0.3 is 20.4 Å². The second-order valence-corrected chi connectivity index (χ2v) is 6.17. The largest absolute Gasteiger partial charge is 0.480 e. The number of carboxylic acids is 1. The van der Waals surface area contributed by atoms with E-state index in [9.17, 15) is 9.59 Å². The summed E-state index contributed by atoms with van der Waals surface area (Å²) in [6, 6.07) is -1.12. The lowest BCUT2D eigenvalue weighted by Crippen LogP contribution is -2.51. The van der Waals surface area contributed by atoms with Crippen LogP contribution in [-0.4, -0.2) is 52.3 Å². The van der Waals surface area contributed by atoms with Crippen LogP contribution in [0.15, 0.2) is 0 Å². The van der Waals surface area contributed by atoms with Crippen LogP contribution in [-0.2, 0) is 4.79 Å². The highest BCUT2D eigenvalue weighted by molar-refractivity contribution is 5.82. The molecular formula is C15H28N2O4. The first kappa shape index (κ1) is 17.8. The average molecular weight is 300 g/mol. The maximum Gasteiger partial charge on any atom is 0.326 e. The van der Waals surface area contributed by atoms with Gasteiger partial charge in [-0.2, -0.15) is 0 Å². The van der Waals surface area contributed by atoms with Gasteiger partial charge in [0, 0.05) is 25.6 Å². The van der Waals surface area contributed by atoms with Crippen molar-refractivity contribution in [2.45, 2.75) is 64.5 Å². The van der Waals surface area contributed by atoms with Gasteiger partial charge in [0.25, 0.3) is 0 Å². The molecule has 0 aromatic carbocycles. The fraction of sp³-hybridized carbons (Fsp3) is 0.867. The van der Waals surface area contributed by atoms with Crippen LogP contribution in [0.2, 0.25) is 0 Å². The van der Waals surface area contributed by atoms with E-state index in [1.807, 2.05) is 0 Å². The number of rotatable bonds is 8. The standard InChI is InChI=1S/C15H28N2O4/c1-11(2)7-9-17(12-5-3-4-6-12)15(21)16-13(8-10-18)14(19)20/h11-13,18H,3-10H2,1-2H3,(H,16,21)(H,19,20)/t13-/m1/s1. The Morgan fingerprint density at radius 3 is 2.33 bits per heavy atom. The third-order valence-corrected chi connectivity index (χ3v) is 3.99. The zero-order valence-corrected chi connectivity index (χ0v) is 13.0. The van der Waals surface area contributed by atoms with Crippen molar-refractivity contribution >= 4 is 12.0 Å². The number of amides is 2. The summed E-state index contributed by atoms with van der Waals surface area (Å²) in [6.45, 7) is 4.61. The lowest BCUT2D eigenvalue weighted by atomic mass is 10.1. The summed E-state index contributed by atoms with van der Waals surface area (Å²) in [5, 5.41) is 20.5. The minimum absolute atomic E-state index is 0.0315. The Morgan fingerprint density at radius 1 is 1.24 bits per heavy atom. The Bertz CT molecular complexity index is 341. The van der Waals surface area contributed by atoms with Crippen LogP contribution in [0.1, 0.15) is 52.4 Å². The summed E-state index contributed by atoms with van der Waals surface area (Å²) in [6.07, 6.45) is 5.15. The quantitative estimate of drug-likeness (QED) is 0.638. The summed E-state index contributed by atoms with van der Waals surface area (Å²) in [4.78, 5) is 25.3. The van der Waals surface area contributed by atoms with Crippen molar-refractivity contribution in [1.82, 2.24) is 10.2 Å². The monoisotopic (exact) mass is 300 g/mol. The van der Waals surface area contributed by atoms with Gasteiger partial charge in [0.2, 0.25) is 0 Å². The number of nitrogens with one attached hydrogen (secondary N) is 1. The second-order valence-electron chi connectivity index (χ2n) is 6.17. The molecule has 0 radical (unpaired) electrons. The van der Waals surface area contributed by atoms with Gasteiger partial charge in [0.15, 0.2) is 0 Å². The number of aliphatic carboxylic acids is 1. The van der Waals surface area contributed by atoms with Crippen LogP contribution < -0.4 is 5.32 Å². The van der Waals surface area contributed by atoms with Crippen LogP contribution >= 0.6 is 0 Å². The predicted molar refractivity (Wildman–Crippen MR) is 80.1 cm³/mol. The van der Waals surface area contributed by atoms with Crippen molar-refractivity contribution in [2.75, 3.05) is 13.2 Å². The van der Waals surface area contributed by atoms with Crippen molar-refractivity contribution < 1.29 is 19.8 Å². The van der Waals surface area contributed by atoms with E-state index in [0.29, 0.717) is 12.5 Å². The van der Waals surface area contributed by atoms with Crippen LogP contribution in [0.4, 0.5) is 4.79 Å². The molecule has 0 heterocycles. The van der Waals surface area contributed by atoms with E-state index < -0.39 is 12.0 Å². The van der Waals surface area contributed by atoms with Crippen LogP contribution in [0.5, 0.6) is 0 Å². The Hall–Kier alpha value is -1.30. The zero-order valence-electron chi connectivity index (χ0n) is 13.0. The summed E-state index contributed by atoms with van der Waals surface area (Å²) in [5.41, 5.74) is 0. The van der Waals surface area contributed by atoms with Crippen molar-refractivity contribution in [3.8, 4) is 0 Å². The average Bonchev–Trinajstić information content (AvgIpc) is 2.91. The molecule has 0 bridgehead atoms. The number of carbonyl (C=O) groups is 2. The van der Waals surface area contributed by atoms with Gasteiger partial charge in [-0.15, -0.1) is 0 Å². The Balaban J connectivity index is 2.66. The highest BCUT2D eigenvalue weighted by atomic mass is 16.4. The molecule has 122 valence electrons. The first-order valence-electron chi connectivity index (χ1n) is 7.86. The van der Waals surface area contributed by atoms with Gasteiger partial charge in [-0.25, -0.2) is 9.59 Å². The van der Waals surface area contributed by atoms with Gasteiger partial charge in [-0.3, -0.25) is 0 Å². The fourth-order valence-corrected chi connectivity index (χ4v) is 2.68. The lowest BCUT2D eigenvalue weighted by Gasteiger charge is -2.31. The SMILES string of the molecule is CC(C)CCN(C(=O)N[C@H](CCO)C(=O)O)C1CCCC1. The molecule has 1 aliphatic rings. The highest BCUT2D eigenvalue weighted by Crippen LogP contribution is 2.24. The molecular weight excluding hydrogens is 272 g/mol. The minimum atomic E-state index is -1.10. The zero-order chi connectivity index (χ0) is 15.8. The molecule has 2 amide bonds. The molecule has 0 spiro atoms. The molecule has 1 rings (SSSR count). The molecule has 0 aliphatic heterocycles. The summed E-state index contributed by atoms with van der Waals surface area (Å²) in [5.74, 6) is -0.609. The Morgan fingerprint density at radius 2 is 1.86 bits per heavy atom. The summed E-state index contributed by atoms with van der Waals surface area (Å²) in [7, 11) is 0.